The predicted octanol–water partition coefficient (Wildman–Crippen LogP) is 3.41. The van der Waals surface area contributed by atoms with E-state index in [2.05, 4.69) is 10.00 Å². The molecule has 0 amide bonds. The third-order valence-corrected chi connectivity index (χ3v) is 5.04. The summed E-state index contributed by atoms with van der Waals surface area (Å²) in [6, 6.07) is 17.0. The van der Waals surface area contributed by atoms with Crippen LogP contribution < -0.4 is 4.90 Å². The molecule has 3 heterocycles. The van der Waals surface area contributed by atoms with E-state index in [-0.39, 0.29) is 5.75 Å². The Hall–Kier alpha value is -3.45. The Kier molecular flexibility index (Phi) is 4.57. The number of anilines is 1. The second-order valence-corrected chi connectivity index (χ2v) is 7.00. The van der Waals surface area contributed by atoms with E-state index in [4.69, 9.17) is 14.7 Å². The molecule has 7 nitrogen and oxygen atoms in total. The predicted molar refractivity (Wildman–Crippen MR) is 111 cm³/mol. The molecule has 5 rings (SSSR count). The van der Waals surface area contributed by atoms with Crippen LogP contribution in [-0.2, 0) is 4.74 Å². The Morgan fingerprint density at radius 2 is 1.83 bits per heavy atom. The Labute approximate surface area is 168 Å². The highest BCUT2D eigenvalue weighted by molar-refractivity contribution is 5.89. The maximum atomic E-state index is 9.94. The lowest BCUT2D eigenvalue weighted by molar-refractivity contribution is 0.152. The van der Waals surface area contributed by atoms with Crippen LogP contribution in [0.25, 0.3) is 28.1 Å². The minimum Gasteiger partial charge on any atom is -0.508 e. The largest absolute Gasteiger partial charge is 0.508 e. The molecule has 1 N–H and O–H groups in total. The van der Waals surface area contributed by atoms with Gasteiger partial charge in [0.1, 0.15) is 11.6 Å². The fourth-order valence-corrected chi connectivity index (χ4v) is 3.62. The lowest BCUT2D eigenvalue weighted by Crippen LogP contribution is -2.27. The number of fused-ring (bicyclic) bond motifs is 1. The van der Waals surface area contributed by atoms with E-state index in [1.807, 2.05) is 47.3 Å². The SMILES string of the molecule is Oc1cccc(-c2nc(N3CCCOCC3)c3cnn(-c4ccccc4)c3n2)c1. The summed E-state index contributed by atoms with van der Waals surface area (Å²) in [6.45, 7) is 3.05. The summed E-state index contributed by atoms with van der Waals surface area (Å²) in [7, 11) is 0. The summed E-state index contributed by atoms with van der Waals surface area (Å²) < 4.78 is 7.46. The van der Waals surface area contributed by atoms with Gasteiger partial charge in [0.05, 0.1) is 23.9 Å². The van der Waals surface area contributed by atoms with Crippen LogP contribution in [0.5, 0.6) is 5.75 Å². The number of aromatic nitrogens is 4. The van der Waals surface area contributed by atoms with E-state index in [1.54, 1.807) is 18.2 Å². The first-order chi connectivity index (χ1) is 14.3. The van der Waals surface area contributed by atoms with Crippen LogP contribution in [-0.4, -0.2) is 51.2 Å². The molecule has 0 unspecified atom stereocenters. The van der Waals surface area contributed by atoms with Crippen molar-refractivity contribution in [1.82, 2.24) is 19.7 Å². The minimum atomic E-state index is 0.187. The molecule has 4 aromatic rings. The maximum Gasteiger partial charge on any atom is 0.169 e. The molecule has 7 heteroatoms. The first kappa shape index (κ1) is 17.6. The number of rotatable bonds is 3. The van der Waals surface area contributed by atoms with Crippen LogP contribution in [0, 0.1) is 0 Å². The lowest BCUT2D eigenvalue weighted by Gasteiger charge is -2.22. The molecular weight excluding hydrogens is 366 g/mol. The number of benzene rings is 2. The van der Waals surface area contributed by atoms with E-state index in [9.17, 15) is 5.11 Å². The number of nitrogens with zero attached hydrogens (tertiary/aromatic N) is 5. The van der Waals surface area contributed by atoms with Crippen LogP contribution >= 0.6 is 0 Å². The van der Waals surface area contributed by atoms with Gasteiger partial charge in [-0.15, -0.1) is 0 Å². The minimum absolute atomic E-state index is 0.187. The monoisotopic (exact) mass is 387 g/mol. The van der Waals surface area contributed by atoms with Crippen molar-refractivity contribution in [2.24, 2.45) is 0 Å². The van der Waals surface area contributed by atoms with Crippen molar-refractivity contribution >= 4 is 16.9 Å². The quantitative estimate of drug-likeness (QED) is 0.581. The first-order valence-corrected chi connectivity index (χ1v) is 9.73. The summed E-state index contributed by atoms with van der Waals surface area (Å²) >= 11 is 0. The number of hydrogen-bond donors (Lipinski definition) is 1. The molecule has 1 fully saturated rings. The zero-order valence-corrected chi connectivity index (χ0v) is 15.9. The number of ether oxygens (including phenoxy) is 1. The van der Waals surface area contributed by atoms with Crippen molar-refractivity contribution in [3.63, 3.8) is 0 Å². The average molecular weight is 387 g/mol. The van der Waals surface area contributed by atoms with E-state index >= 15 is 0 Å². The number of aromatic hydroxyl groups is 1. The third kappa shape index (κ3) is 3.40. The van der Waals surface area contributed by atoms with E-state index in [0.717, 1.165) is 54.2 Å². The van der Waals surface area contributed by atoms with E-state index < -0.39 is 0 Å². The van der Waals surface area contributed by atoms with Crippen molar-refractivity contribution in [3.05, 3.63) is 60.8 Å². The third-order valence-electron chi connectivity index (χ3n) is 5.04. The van der Waals surface area contributed by atoms with Gasteiger partial charge in [0.2, 0.25) is 0 Å². The van der Waals surface area contributed by atoms with Crippen LogP contribution in [0.15, 0.2) is 60.8 Å². The van der Waals surface area contributed by atoms with Crippen molar-refractivity contribution in [2.45, 2.75) is 6.42 Å². The summed E-state index contributed by atoms with van der Waals surface area (Å²) in [5, 5.41) is 15.4. The summed E-state index contributed by atoms with van der Waals surface area (Å²) in [4.78, 5) is 11.9. The van der Waals surface area contributed by atoms with Gasteiger partial charge >= 0.3 is 0 Å². The Bertz CT molecular complexity index is 1130. The molecule has 1 aliphatic heterocycles. The molecule has 0 saturated carbocycles. The molecule has 0 spiro atoms. The normalized spacial score (nSPS) is 14.8. The van der Waals surface area contributed by atoms with Gasteiger partial charge in [-0.1, -0.05) is 30.3 Å². The topological polar surface area (TPSA) is 76.3 Å². The molecule has 0 radical (unpaired) electrons. The zero-order valence-electron chi connectivity index (χ0n) is 15.9. The molecule has 2 aromatic heterocycles. The highest BCUT2D eigenvalue weighted by atomic mass is 16.5. The second-order valence-electron chi connectivity index (χ2n) is 7.00. The van der Waals surface area contributed by atoms with Gasteiger partial charge in [0.25, 0.3) is 0 Å². The average Bonchev–Trinajstić information content (AvgIpc) is 2.99. The molecule has 1 aliphatic rings. The Morgan fingerprint density at radius 1 is 0.931 bits per heavy atom. The Balaban J connectivity index is 1.73. The molecule has 0 atom stereocenters. The van der Waals surface area contributed by atoms with Gasteiger partial charge in [-0.3, -0.25) is 0 Å². The second kappa shape index (κ2) is 7.52. The summed E-state index contributed by atoms with van der Waals surface area (Å²) in [5.74, 6) is 1.60. The summed E-state index contributed by atoms with van der Waals surface area (Å²) in [5.41, 5.74) is 2.44. The van der Waals surface area contributed by atoms with Crippen molar-refractivity contribution < 1.29 is 9.84 Å². The van der Waals surface area contributed by atoms with Crippen molar-refractivity contribution in [2.75, 3.05) is 31.2 Å². The van der Waals surface area contributed by atoms with Crippen LogP contribution in [0.3, 0.4) is 0 Å². The molecule has 29 heavy (non-hydrogen) atoms. The zero-order chi connectivity index (χ0) is 19.6. The molecule has 0 aliphatic carbocycles. The van der Waals surface area contributed by atoms with Crippen LogP contribution in [0.2, 0.25) is 0 Å². The number of hydrogen-bond acceptors (Lipinski definition) is 6. The number of phenolic OH excluding ortho intramolecular Hbond substituents is 1. The number of phenols is 1. The first-order valence-electron chi connectivity index (χ1n) is 9.73. The van der Waals surface area contributed by atoms with Gasteiger partial charge in [0.15, 0.2) is 11.5 Å². The molecule has 146 valence electrons. The van der Waals surface area contributed by atoms with E-state index in [0.29, 0.717) is 12.4 Å². The maximum absolute atomic E-state index is 9.94. The van der Waals surface area contributed by atoms with Crippen LogP contribution in [0.1, 0.15) is 6.42 Å². The van der Waals surface area contributed by atoms with Crippen LogP contribution in [0.4, 0.5) is 5.82 Å². The Morgan fingerprint density at radius 3 is 2.69 bits per heavy atom. The fraction of sp³-hybridized carbons (Fsp3) is 0.227. The smallest absolute Gasteiger partial charge is 0.169 e. The molecule has 0 bridgehead atoms. The van der Waals surface area contributed by atoms with Crippen molar-refractivity contribution in [3.8, 4) is 22.8 Å². The number of para-hydroxylation sites is 1. The van der Waals surface area contributed by atoms with Gasteiger partial charge in [0, 0.05) is 25.3 Å². The van der Waals surface area contributed by atoms with Crippen molar-refractivity contribution in [1.29, 1.82) is 0 Å². The molecule has 1 saturated heterocycles. The van der Waals surface area contributed by atoms with Gasteiger partial charge in [-0.2, -0.15) is 5.10 Å². The standard InChI is InChI=1S/C22H21N5O2/c28-18-9-4-6-16(14-18)20-24-21(26-10-5-12-29-13-11-26)19-15-23-27(22(19)25-20)17-7-2-1-3-8-17/h1-4,6-9,14-15,28H,5,10-13H2. The lowest BCUT2D eigenvalue weighted by atomic mass is 10.2. The fourth-order valence-electron chi connectivity index (χ4n) is 3.62. The van der Waals surface area contributed by atoms with Gasteiger partial charge < -0.3 is 14.7 Å². The molecule has 2 aromatic carbocycles. The molecular formula is C22H21N5O2. The van der Waals surface area contributed by atoms with Gasteiger partial charge in [-0.05, 0) is 30.7 Å². The highest BCUT2D eigenvalue weighted by Crippen LogP contribution is 2.30. The van der Waals surface area contributed by atoms with Gasteiger partial charge in [-0.25, -0.2) is 14.6 Å². The summed E-state index contributed by atoms with van der Waals surface area (Å²) in [6.07, 6.45) is 2.77. The van der Waals surface area contributed by atoms with E-state index in [1.165, 1.54) is 0 Å². The highest BCUT2D eigenvalue weighted by Gasteiger charge is 2.20.